The van der Waals surface area contributed by atoms with Crippen LogP contribution < -0.4 is 11.6 Å². The van der Waals surface area contributed by atoms with Gasteiger partial charge in [-0.05, 0) is 91.3 Å². The van der Waals surface area contributed by atoms with Crippen LogP contribution in [-0.4, -0.2) is 17.3 Å². The van der Waals surface area contributed by atoms with Crippen LogP contribution >= 0.6 is 0 Å². The van der Waals surface area contributed by atoms with E-state index in [0.29, 0.717) is 23.5 Å². The van der Waals surface area contributed by atoms with Crippen LogP contribution in [0.3, 0.4) is 0 Å². The standard InChI is InChI=1S/C25H43N3O/c1-15-5-7-19-18(13-15)6-8-21-20(19)9-10-25(4)23(21)16(2)17(3)24(25)22(29)14-28(27)12-11-26/h11-12,15-21,23-24H,5-10,13-14,26-27H2,1-4H3/b12-11-/t15?,16-,17?,18?,19?,20?,21?,23?,24?,25?/m1/s1. The van der Waals surface area contributed by atoms with E-state index in [1.807, 2.05) is 0 Å². The molecule has 9 unspecified atom stereocenters. The van der Waals surface area contributed by atoms with E-state index in [1.165, 1.54) is 56.2 Å². The Kier molecular flexibility index (Phi) is 5.78. The first-order valence-corrected chi connectivity index (χ1v) is 12.2. The average molecular weight is 402 g/mol. The molecule has 0 heterocycles. The molecule has 0 aromatic rings. The molecule has 4 aliphatic carbocycles. The van der Waals surface area contributed by atoms with Gasteiger partial charge in [0.2, 0.25) is 0 Å². The zero-order valence-corrected chi connectivity index (χ0v) is 19.0. The van der Waals surface area contributed by atoms with Gasteiger partial charge >= 0.3 is 0 Å². The molecule has 29 heavy (non-hydrogen) atoms. The van der Waals surface area contributed by atoms with Crippen molar-refractivity contribution in [2.45, 2.75) is 72.6 Å². The Labute approximate surface area is 177 Å². The maximum Gasteiger partial charge on any atom is 0.157 e. The lowest BCUT2D eigenvalue weighted by molar-refractivity contribution is -0.132. The van der Waals surface area contributed by atoms with Gasteiger partial charge in [-0.3, -0.25) is 4.79 Å². The predicted octanol–water partition coefficient (Wildman–Crippen LogP) is 4.56. The molecule has 10 atom stereocenters. The monoisotopic (exact) mass is 401 g/mol. The van der Waals surface area contributed by atoms with E-state index < -0.39 is 0 Å². The van der Waals surface area contributed by atoms with Crippen molar-refractivity contribution >= 4 is 5.78 Å². The Morgan fingerprint density at radius 2 is 1.76 bits per heavy atom. The summed E-state index contributed by atoms with van der Waals surface area (Å²) in [5.41, 5.74) is 5.60. The molecule has 0 bridgehead atoms. The summed E-state index contributed by atoms with van der Waals surface area (Å²) in [6, 6.07) is 0. The quantitative estimate of drug-likeness (QED) is 0.535. The maximum atomic E-state index is 13.4. The van der Waals surface area contributed by atoms with Crippen LogP contribution in [0, 0.1) is 58.7 Å². The van der Waals surface area contributed by atoms with Gasteiger partial charge in [-0.15, -0.1) is 0 Å². The van der Waals surface area contributed by atoms with E-state index in [4.69, 9.17) is 11.6 Å². The molecule has 4 saturated carbocycles. The molecular formula is C25H43N3O. The van der Waals surface area contributed by atoms with Crippen molar-refractivity contribution in [2.75, 3.05) is 6.54 Å². The lowest BCUT2D eigenvalue weighted by Crippen LogP contribution is -2.51. The fraction of sp³-hybridized carbons (Fsp3) is 0.880. The summed E-state index contributed by atoms with van der Waals surface area (Å²) in [5, 5.41) is 1.45. The molecule has 0 aromatic carbocycles. The number of Topliss-reactive ketones (excluding diaryl/α,β-unsaturated/α-hetero) is 1. The first-order valence-electron chi connectivity index (χ1n) is 12.2. The first kappa shape index (κ1) is 21.2. The van der Waals surface area contributed by atoms with Gasteiger partial charge in [0.1, 0.15) is 0 Å². The van der Waals surface area contributed by atoms with Crippen LogP contribution in [0.2, 0.25) is 0 Å². The van der Waals surface area contributed by atoms with Gasteiger partial charge in [0, 0.05) is 18.3 Å². The number of rotatable bonds is 4. The lowest BCUT2D eigenvalue weighted by Gasteiger charge is -2.56. The normalized spacial score (nSPS) is 49.3. The number of hydrogen-bond acceptors (Lipinski definition) is 4. The molecule has 4 rings (SSSR count). The van der Waals surface area contributed by atoms with E-state index in [2.05, 4.69) is 27.7 Å². The third-order valence-electron chi connectivity index (χ3n) is 10.1. The molecule has 4 fully saturated rings. The predicted molar refractivity (Wildman–Crippen MR) is 118 cm³/mol. The minimum atomic E-state index is 0.129. The summed E-state index contributed by atoms with van der Waals surface area (Å²) in [6.07, 6.45) is 12.7. The first-order chi connectivity index (χ1) is 13.8. The Hall–Kier alpha value is -1.03. The van der Waals surface area contributed by atoms with Gasteiger partial charge in [0.05, 0.1) is 6.54 Å². The molecule has 0 aliphatic heterocycles. The average Bonchev–Trinajstić information content (AvgIpc) is 2.87. The molecule has 0 spiro atoms. The Morgan fingerprint density at radius 1 is 1.03 bits per heavy atom. The number of carbonyl (C=O) groups excluding carboxylic acids is 1. The van der Waals surface area contributed by atoms with Crippen LogP contribution in [0.15, 0.2) is 12.4 Å². The van der Waals surface area contributed by atoms with Crippen LogP contribution in [0.25, 0.3) is 0 Å². The second-order valence-electron chi connectivity index (χ2n) is 11.5. The molecular weight excluding hydrogens is 358 g/mol. The van der Waals surface area contributed by atoms with Gasteiger partial charge in [0.15, 0.2) is 5.78 Å². The topological polar surface area (TPSA) is 72.3 Å². The number of carbonyl (C=O) groups is 1. The summed E-state index contributed by atoms with van der Waals surface area (Å²) >= 11 is 0. The SMILES string of the molecule is CC1CCC2C(CCC3C2CCC2(C)C(C(=O)CN(N)/C=C\N)C(C)[C@@H](C)C32)C1. The summed E-state index contributed by atoms with van der Waals surface area (Å²) < 4.78 is 0. The summed E-state index contributed by atoms with van der Waals surface area (Å²) in [7, 11) is 0. The largest absolute Gasteiger partial charge is 0.403 e. The Morgan fingerprint density at radius 3 is 2.48 bits per heavy atom. The van der Waals surface area contributed by atoms with Gasteiger partial charge < -0.3 is 10.7 Å². The number of fused-ring (bicyclic) bond motifs is 5. The molecule has 4 nitrogen and oxygen atoms in total. The van der Waals surface area contributed by atoms with Crippen molar-refractivity contribution in [3.63, 3.8) is 0 Å². The number of ketones is 1. The van der Waals surface area contributed by atoms with E-state index in [9.17, 15) is 4.79 Å². The Balaban J connectivity index is 1.57. The Bertz CT molecular complexity index is 648. The van der Waals surface area contributed by atoms with E-state index in [-0.39, 0.29) is 17.9 Å². The van der Waals surface area contributed by atoms with E-state index in [1.54, 1.807) is 6.20 Å². The van der Waals surface area contributed by atoms with Crippen LogP contribution in [0.1, 0.15) is 72.6 Å². The van der Waals surface area contributed by atoms with E-state index >= 15 is 0 Å². The van der Waals surface area contributed by atoms with Gasteiger partial charge in [-0.1, -0.05) is 34.1 Å². The third-order valence-corrected chi connectivity index (χ3v) is 10.1. The van der Waals surface area contributed by atoms with Crippen LogP contribution in [0.5, 0.6) is 0 Å². The summed E-state index contributed by atoms with van der Waals surface area (Å²) in [4.78, 5) is 13.4. The van der Waals surface area contributed by atoms with Crippen molar-refractivity contribution in [3.8, 4) is 0 Å². The van der Waals surface area contributed by atoms with Crippen molar-refractivity contribution in [1.82, 2.24) is 5.01 Å². The number of hydrogen-bond donors (Lipinski definition) is 2. The van der Waals surface area contributed by atoms with Crippen LogP contribution in [-0.2, 0) is 4.79 Å². The lowest BCUT2D eigenvalue weighted by atomic mass is 9.48. The van der Waals surface area contributed by atoms with Crippen molar-refractivity contribution in [3.05, 3.63) is 12.4 Å². The van der Waals surface area contributed by atoms with Crippen molar-refractivity contribution in [1.29, 1.82) is 0 Å². The zero-order chi connectivity index (χ0) is 20.9. The minimum absolute atomic E-state index is 0.129. The molecule has 0 saturated heterocycles. The fourth-order valence-electron chi connectivity index (χ4n) is 9.05. The van der Waals surface area contributed by atoms with Gasteiger partial charge in [0.25, 0.3) is 0 Å². The fourth-order valence-corrected chi connectivity index (χ4v) is 9.05. The smallest absolute Gasteiger partial charge is 0.157 e. The van der Waals surface area contributed by atoms with Crippen molar-refractivity contribution < 1.29 is 4.79 Å². The molecule has 0 aromatic heterocycles. The van der Waals surface area contributed by atoms with Crippen LogP contribution in [0.4, 0.5) is 0 Å². The number of hydrazine groups is 1. The minimum Gasteiger partial charge on any atom is -0.403 e. The number of nitrogens with zero attached hydrogens (tertiary/aromatic N) is 1. The molecule has 4 aliphatic rings. The highest BCUT2D eigenvalue weighted by Crippen LogP contribution is 2.67. The highest BCUT2D eigenvalue weighted by atomic mass is 16.1. The third kappa shape index (κ3) is 3.43. The van der Waals surface area contributed by atoms with E-state index in [0.717, 1.165) is 29.6 Å². The molecule has 4 N–H and O–H groups in total. The van der Waals surface area contributed by atoms with Crippen molar-refractivity contribution in [2.24, 2.45) is 70.3 Å². The summed E-state index contributed by atoms with van der Waals surface area (Å²) in [5.74, 6) is 12.8. The van der Waals surface area contributed by atoms with Gasteiger partial charge in [-0.25, -0.2) is 5.84 Å². The second kappa shape index (κ2) is 7.90. The molecule has 164 valence electrons. The highest BCUT2D eigenvalue weighted by Gasteiger charge is 2.63. The molecule has 0 amide bonds. The summed E-state index contributed by atoms with van der Waals surface area (Å²) in [6.45, 7) is 9.95. The van der Waals surface area contributed by atoms with Gasteiger partial charge in [-0.2, -0.15) is 0 Å². The highest BCUT2D eigenvalue weighted by molar-refractivity contribution is 5.84. The number of nitrogens with two attached hydrogens (primary N) is 2. The molecule has 0 radical (unpaired) electrons. The maximum absolute atomic E-state index is 13.4. The second-order valence-corrected chi connectivity index (χ2v) is 11.5. The molecule has 4 heteroatoms. The zero-order valence-electron chi connectivity index (χ0n) is 19.0.